The van der Waals surface area contributed by atoms with Crippen LogP contribution in [-0.4, -0.2) is 19.9 Å². The largest absolute Gasteiger partial charge is 0.261 e. The molecule has 2 aromatic heterocycles. The van der Waals surface area contributed by atoms with Crippen LogP contribution < -0.4 is 0 Å². The van der Waals surface area contributed by atoms with Gasteiger partial charge in [-0.25, -0.2) is 15.0 Å². The van der Waals surface area contributed by atoms with Crippen molar-refractivity contribution in [2.75, 3.05) is 0 Å². The van der Waals surface area contributed by atoms with Gasteiger partial charge in [0.15, 0.2) is 17.5 Å². The molecule has 1 aliphatic carbocycles. The maximum Gasteiger partial charge on any atom is 0.164 e. The minimum Gasteiger partial charge on any atom is -0.261 e. The Hall–Kier alpha value is -4.96. The van der Waals surface area contributed by atoms with Crippen LogP contribution in [0.25, 0.3) is 62.1 Å². The topological polar surface area (TPSA) is 51.6 Å². The Balaban J connectivity index is 1.40. The maximum absolute atomic E-state index is 5.01. The van der Waals surface area contributed by atoms with E-state index in [1.807, 2.05) is 19.2 Å². The highest BCUT2D eigenvalue weighted by molar-refractivity contribution is 5.86. The van der Waals surface area contributed by atoms with Crippen LogP contribution in [0.5, 0.6) is 0 Å². The van der Waals surface area contributed by atoms with Gasteiger partial charge >= 0.3 is 0 Å². The van der Waals surface area contributed by atoms with Crippen molar-refractivity contribution < 1.29 is 0 Å². The molecule has 0 radical (unpaired) electrons. The second kappa shape index (κ2) is 9.73. The number of aryl methyl sites for hydroxylation is 2. The van der Waals surface area contributed by atoms with Crippen molar-refractivity contribution in [2.24, 2.45) is 0 Å². The summed E-state index contributed by atoms with van der Waals surface area (Å²) in [7, 11) is 0. The first-order valence-electron chi connectivity index (χ1n) is 13.3. The van der Waals surface area contributed by atoms with Gasteiger partial charge in [0.05, 0.1) is 0 Å². The molecule has 39 heavy (non-hydrogen) atoms. The van der Waals surface area contributed by atoms with E-state index < -0.39 is 0 Å². The molecule has 0 fully saturated rings. The molecule has 0 aliphatic heterocycles. The number of nitrogens with zero attached hydrogens (tertiary/aromatic N) is 4. The number of rotatable bonds is 4. The molecule has 4 heteroatoms. The Kier molecular flexibility index (Phi) is 5.78. The molecule has 0 saturated carbocycles. The van der Waals surface area contributed by atoms with E-state index >= 15 is 0 Å². The number of benzene rings is 4. The van der Waals surface area contributed by atoms with Crippen LogP contribution in [0, 0.1) is 6.92 Å². The highest BCUT2D eigenvalue weighted by atomic mass is 15.0. The van der Waals surface area contributed by atoms with Gasteiger partial charge in [-0.1, -0.05) is 84.9 Å². The monoisotopic (exact) mass is 502 g/mol. The van der Waals surface area contributed by atoms with Gasteiger partial charge in [0.25, 0.3) is 0 Å². The first-order chi connectivity index (χ1) is 19.2. The smallest absolute Gasteiger partial charge is 0.164 e. The molecule has 7 rings (SSSR count). The van der Waals surface area contributed by atoms with Gasteiger partial charge < -0.3 is 0 Å². The van der Waals surface area contributed by atoms with E-state index in [1.54, 1.807) is 0 Å². The van der Waals surface area contributed by atoms with E-state index in [9.17, 15) is 0 Å². The number of allylic oxidation sites excluding steroid dienone is 1. The highest BCUT2D eigenvalue weighted by Crippen LogP contribution is 2.31. The summed E-state index contributed by atoms with van der Waals surface area (Å²) in [4.78, 5) is 19.5. The van der Waals surface area contributed by atoms with Gasteiger partial charge in [-0.15, -0.1) is 0 Å². The van der Waals surface area contributed by atoms with Gasteiger partial charge in [0.2, 0.25) is 0 Å². The molecular weight excluding hydrogens is 476 g/mol. The number of hydrogen-bond acceptors (Lipinski definition) is 4. The average Bonchev–Trinajstić information content (AvgIpc) is 3.00. The predicted octanol–water partition coefficient (Wildman–Crippen LogP) is 8.36. The Morgan fingerprint density at radius 2 is 1.31 bits per heavy atom. The van der Waals surface area contributed by atoms with Crippen molar-refractivity contribution in [1.29, 1.82) is 0 Å². The van der Waals surface area contributed by atoms with E-state index in [0.29, 0.717) is 17.5 Å². The summed E-state index contributed by atoms with van der Waals surface area (Å²) in [5, 5.41) is 2.35. The van der Waals surface area contributed by atoms with E-state index in [4.69, 9.17) is 15.0 Å². The maximum atomic E-state index is 5.01. The summed E-state index contributed by atoms with van der Waals surface area (Å²) in [6.07, 6.45) is 8.41. The minimum atomic E-state index is 0.653. The third-order valence-electron chi connectivity index (χ3n) is 7.36. The first kappa shape index (κ1) is 23.2. The lowest BCUT2D eigenvalue weighted by molar-refractivity contribution is 0.985. The van der Waals surface area contributed by atoms with Crippen molar-refractivity contribution in [3.63, 3.8) is 0 Å². The molecule has 0 saturated heterocycles. The van der Waals surface area contributed by atoms with E-state index in [1.165, 1.54) is 16.5 Å². The summed E-state index contributed by atoms with van der Waals surface area (Å²) in [5.74, 6) is 1.99. The molecule has 0 amide bonds. The molecule has 0 bridgehead atoms. The van der Waals surface area contributed by atoms with Crippen LogP contribution in [0.4, 0.5) is 0 Å². The Morgan fingerprint density at radius 1 is 0.590 bits per heavy atom. The molecule has 0 N–H and O–H groups in total. The Bertz CT molecular complexity index is 1890. The summed E-state index contributed by atoms with van der Waals surface area (Å²) < 4.78 is 0. The molecule has 0 unspecified atom stereocenters. The Labute approximate surface area is 227 Å². The van der Waals surface area contributed by atoms with Crippen molar-refractivity contribution in [2.45, 2.75) is 19.8 Å². The fourth-order valence-electron chi connectivity index (χ4n) is 5.27. The molecule has 186 valence electrons. The van der Waals surface area contributed by atoms with Crippen molar-refractivity contribution in [3.05, 3.63) is 126 Å². The van der Waals surface area contributed by atoms with E-state index in [-0.39, 0.29) is 0 Å². The third-order valence-corrected chi connectivity index (χ3v) is 7.36. The molecule has 6 aromatic rings. The zero-order chi connectivity index (χ0) is 26.2. The van der Waals surface area contributed by atoms with Crippen LogP contribution in [0.2, 0.25) is 0 Å². The molecule has 1 aliphatic rings. The number of aromatic nitrogens is 4. The first-order valence-corrected chi connectivity index (χ1v) is 13.3. The predicted molar refractivity (Wildman–Crippen MR) is 159 cm³/mol. The van der Waals surface area contributed by atoms with E-state index in [2.05, 4.69) is 108 Å². The van der Waals surface area contributed by atoms with Gasteiger partial charge in [-0.3, -0.25) is 4.98 Å². The normalized spacial score (nSPS) is 12.4. The fraction of sp³-hybridized carbons (Fsp3) is 0.0857. The summed E-state index contributed by atoms with van der Waals surface area (Å²) >= 11 is 0. The van der Waals surface area contributed by atoms with Crippen LogP contribution in [-0.2, 0) is 6.42 Å². The summed E-state index contributed by atoms with van der Waals surface area (Å²) in [6.45, 7) is 2.03. The quantitative estimate of drug-likeness (QED) is 0.243. The van der Waals surface area contributed by atoms with Crippen molar-refractivity contribution >= 4 is 16.8 Å². The lowest BCUT2D eigenvalue weighted by Gasteiger charge is -2.13. The lowest BCUT2D eigenvalue weighted by Crippen LogP contribution is -2.01. The van der Waals surface area contributed by atoms with Crippen LogP contribution >= 0.6 is 0 Å². The van der Waals surface area contributed by atoms with Gasteiger partial charge in [0.1, 0.15) is 0 Å². The molecule has 0 atom stereocenters. The standard InChI is InChI=1S/C35H26N4/c1-23-32(14-7-19-36-23)28-12-6-13-29(22-28)33-37-34(30-17-15-24-8-2-4-10-26(24)20-30)39-35(38-33)31-18-16-25-9-3-5-11-27(25)21-31/h2,4-8,10-22H,3,9H2,1H3. The van der Waals surface area contributed by atoms with Crippen molar-refractivity contribution in [1.82, 2.24) is 19.9 Å². The summed E-state index contributed by atoms with van der Waals surface area (Å²) in [5.41, 5.74) is 8.69. The zero-order valence-corrected chi connectivity index (χ0v) is 21.7. The molecule has 0 spiro atoms. The molecule has 4 aromatic carbocycles. The number of hydrogen-bond donors (Lipinski definition) is 0. The molecule has 4 nitrogen and oxygen atoms in total. The molecule has 2 heterocycles. The minimum absolute atomic E-state index is 0.653. The van der Waals surface area contributed by atoms with Gasteiger partial charge in [-0.2, -0.15) is 0 Å². The number of pyridine rings is 1. The second-order valence-electron chi connectivity index (χ2n) is 9.94. The van der Waals surface area contributed by atoms with Gasteiger partial charge in [-0.05, 0) is 71.5 Å². The fourth-order valence-corrected chi connectivity index (χ4v) is 5.27. The third kappa shape index (κ3) is 4.51. The molecular formula is C35H26N4. The van der Waals surface area contributed by atoms with Gasteiger partial charge in [0, 0.05) is 34.1 Å². The highest BCUT2D eigenvalue weighted by Gasteiger charge is 2.15. The SMILES string of the molecule is Cc1ncccc1-c1cccc(-c2nc(-c3ccc4c(c3)C=CCC4)nc(-c3ccc4ccccc4c3)n2)c1. The lowest BCUT2D eigenvalue weighted by atomic mass is 9.95. The van der Waals surface area contributed by atoms with Crippen LogP contribution in [0.15, 0.2) is 109 Å². The average molecular weight is 503 g/mol. The zero-order valence-electron chi connectivity index (χ0n) is 21.7. The van der Waals surface area contributed by atoms with Crippen LogP contribution in [0.3, 0.4) is 0 Å². The van der Waals surface area contributed by atoms with Crippen LogP contribution in [0.1, 0.15) is 23.2 Å². The Morgan fingerprint density at radius 3 is 2.13 bits per heavy atom. The number of fused-ring (bicyclic) bond motifs is 2. The van der Waals surface area contributed by atoms with E-state index in [0.717, 1.165) is 51.7 Å². The van der Waals surface area contributed by atoms with Crippen molar-refractivity contribution in [3.8, 4) is 45.3 Å². The second-order valence-corrected chi connectivity index (χ2v) is 9.94. The summed E-state index contributed by atoms with van der Waals surface area (Å²) in [6, 6.07) is 33.7.